The highest BCUT2D eigenvalue weighted by molar-refractivity contribution is 7.09. The van der Waals surface area contributed by atoms with Gasteiger partial charge in [-0.1, -0.05) is 26.0 Å². The van der Waals surface area contributed by atoms with Crippen molar-refractivity contribution in [2.45, 2.75) is 46.6 Å². The lowest BCUT2D eigenvalue weighted by molar-refractivity contribution is -0.116. The number of aromatic nitrogens is 2. The molecule has 1 saturated heterocycles. The predicted molar refractivity (Wildman–Crippen MR) is 128 cm³/mol. The smallest absolute Gasteiger partial charge is 0.224 e. The van der Waals surface area contributed by atoms with Crippen LogP contribution in [0.4, 0.5) is 10.8 Å². The van der Waals surface area contributed by atoms with Crippen molar-refractivity contribution in [3.8, 4) is 0 Å². The molecular formula is C22H33N7OS. The number of aryl methyl sites for hydroxylation is 1. The summed E-state index contributed by atoms with van der Waals surface area (Å²) in [6.07, 6.45) is 2.25. The Morgan fingerprint density at radius 3 is 2.68 bits per heavy atom. The number of guanidine groups is 1. The third kappa shape index (κ3) is 6.65. The van der Waals surface area contributed by atoms with E-state index < -0.39 is 0 Å². The molecule has 0 aliphatic carbocycles. The Bertz CT molecular complexity index is 874. The first-order valence-corrected chi connectivity index (χ1v) is 11.9. The van der Waals surface area contributed by atoms with E-state index in [0.29, 0.717) is 13.0 Å². The van der Waals surface area contributed by atoms with Crippen LogP contribution in [-0.2, 0) is 17.8 Å². The lowest BCUT2D eigenvalue weighted by Gasteiger charge is -2.36. The number of carbonyl (C=O) groups is 1. The van der Waals surface area contributed by atoms with Gasteiger partial charge in [-0.3, -0.25) is 4.79 Å². The van der Waals surface area contributed by atoms with Crippen LogP contribution in [0.2, 0.25) is 0 Å². The van der Waals surface area contributed by atoms with Crippen molar-refractivity contribution in [3.63, 3.8) is 0 Å². The van der Waals surface area contributed by atoms with Gasteiger partial charge < -0.3 is 20.4 Å². The number of hydrogen-bond acceptors (Lipinski definition) is 6. The van der Waals surface area contributed by atoms with Gasteiger partial charge >= 0.3 is 0 Å². The molecule has 0 radical (unpaired) electrons. The van der Waals surface area contributed by atoms with Crippen molar-refractivity contribution in [1.29, 1.82) is 0 Å². The average molecular weight is 444 g/mol. The SMILES string of the molecule is CCCC(=O)Nc1cccc(CN=C(NCC)N2CCN(c3nc(CC)ns3)CC2)c1. The summed E-state index contributed by atoms with van der Waals surface area (Å²) in [6, 6.07) is 7.92. The number of amides is 1. The summed E-state index contributed by atoms with van der Waals surface area (Å²) in [5.74, 6) is 1.90. The van der Waals surface area contributed by atoms with E-state index in [9.17, 15) is 4.79 Å². The zero-order valence-electron chi connectivity index (χ0n) is 18.7. The number of anilines is 2. The molecular weight excluding hydrogens is 410 g/mol. The van der Waals surface area contributed by atoms with Crippen LogP contribution >= 0.6 is 11.5 Å². The Hall–Kier alpha value is -2.68. The highest BCUT2D eigenvalue weighted by Crippen LogP contribution is 2.19. The molecule has 1 aliphatic rings. The molecule has 1 aromatic heterocycles. The third-order valence-electron chi connectivity index (χ3n) is 5.06. The average Bonchev–Trinajstić information content (AvgIpc) is 3.27. The van der Waals surface area contributed by atoms with Crippen molar-refractivity contribution in [2.75, 3.05) is 42.9 Å². The fourth-order valence-corrected chi connectivity index (χ4v) is 4.22. The van der Waals surface area contributed by atoms with Crippen LogP contribution in [0.25, 0.3) is 0 Å². The van der Waals surface area contributed by atoms with Crippen molar-refractivity contribution >= 4 is 34.2 Å². The number of rotatable bonds is 8. The molecule has 1 aromatic carbocycles. The minimum atomic E-state index is 0.0517. The topological polar surface area (TPSA) is 85.8 Å². The van der Waals surface area contributed by atoms with Gasteiger partial charge in [0, 0.05) is 62.8 Å². The second-order valence-corrected chi connectivity index (χ2v) is 8.22. The van der Waals surface area contributed by atoms with Gasteiger partial charge in [-0.15, -0.1) is 0 Å². The molecule has 1 amide bonds. The maximum atomic E-state index is 11.9. The molecule has 31 heavy (non-hydrogen) atoms. The van der Waals surface area contributed by atoms with Crippen molar-refractivity contribution in [2.24, 2.45) is 4.99 Å². The summed E-state index contributed by atoms with van der Waals surface area (Å²) in [5, 5.41) is 7.39. The van der Waals surface area contributed by atoms with Gasteiger partial charge in [-0.2, -0.15) is 4.37 Å². The molecule has 0 bridgehead atoms. The first-order chi connectivity index (χ1) is 15.1. The third-order valence-corrected chi connectivity index (χ3v) is 5.87. The van der Waals surface area contributed by atoms with Gasteiger partial charge in [-0.25, -0.2) is 9.98 Å². The summed E-state index contributed by atoms with van der Waals surface area (Å²) in [5.41, 5.74) is 1.90. The number of carbonyl (C=O) groups excluding carboxylic acids is 1. The van der Waals surface area contributed by atoms with E-state index in [-0.39, 0.29) is 5.91 Å². The second kappa shape index (κ2) is 11.6. The largest absolute Gasteiger partial charge is 0.357 e. The molecule has 1 aliphatic heterocycles. The Labute approximate surface area is 188 Å². The minimum Gasteiger partial charge on any atom is -0.357 e. The van der Waals surface area contributed by atoms with Gasteiger partial charge in [0.05, 0.1) is 6.54 Å². The van der Waals surface area contributed by atoms with E-state index in [4.69, 9.17) is 4.99 Å². The predicted octanol–water partition coefficient (Wildman–Crippen LogP) is 3.13. The first kappa shape index (κ1) is 23.0. The van der Waals surface area contributed by atoms with Crippen LogP contribution < -0.4 is 15.5 Å². The molecule has 0 atom stereocenters. The zero-order valence-corrected chi connectivity index (χ0v) is 19.5. The summed E-state index contributed by atoms with van der Waals surface area (Å²) in [6.45, 7) is 11.1. The molecule has 3 rings (SSSR count). The number of nitrogens with one attached hydrogen (secondary N) is 2. The van der Waals surface area contributed by atoms with E-state index in [0.717, 1.165) is 73.7 Å². The van der Waals surface area contributed by atoms with Gasteiger partial charge in [0.2, 0.25) is 11.0 Å². The molecule has 0 saturated carbocycles. The first-order valence-electron chi connectivity index (χ1n) is 11.1. The van der Waals surface area contributed by atoms with E-state index >= 15 is 0 Å². The molecule has 2 aromatic rings. The van der Waals surface area contributed by atoms with Crippen molar-refractivity contribution < 1.29 is 4.79 Å². The normalized spacial score (nSPS) is 14.6. The molecule has 0 unspecified atom stereocenters. The number of piperazine rings is 1. The summed E-state index contributed by atoms with van der Waals surface area (Å²) in [7, 11) is 0. The zero-order chi connectivity index (χ0) is 22.1. The van der Waals surface area contributed by atoms with E-state index in [1.807, 2.05) is 31.2 Å². The van der Waals surface area contributed by atoms with Crippen LogP contribution in [0.3, 0.4) is 0 Å². The Kier molecular flexibility index (Phi) is 8.63. The molecule has 2 heterocycles. The lowest BCUT2D eigenvalue weighted by atomic mass is 10.2. The van der Waals surface area contributed by atoms with Crippen molar-refractivity contribution in [3.05, 3.63) is 35.7 Å². The Morgan fingerprint density at radius 1 is 1.19 bits per heavy atom. The maximum absolute atomic E-state index is 11.9. The van der Waals surface area contributed by atoms with Crippen LogP contribution in [0.5, 0.6) is 0 Å². The second-order valence-electron chi connectivity index (χ2n) is 7.49. The number of benzene rings is 1. The van der Waals surface area contributed by atoms with Crippen LogP contribution in [0, 0.1) is 0 Å². The highest BCUT2D eigenvalue weighted by Gasteiger charge is 2.22. The minimum absolute atomic E-state index is 0.0517. The summed E-state index contributed by atoms with van der Waals surface area (Å²) in [4.78, 5) is 25.9. The van der Waals surface area contributed by atoms with Gasteiger partial charge in [0.1, 0.15) is 5.82 Å². The van der Waals surface area contributed by atoms with E-state index in [2.05, 4.69) is 43.6 Å². The fourth-order valence-electron chi connectivity index (χ4n) is 3.42. The highest BCUT2D eigenvalue weighted by atomic mass is 32.1. The Morgan fingerprint density at radius 2 is 2.00 bits per heavy atom. The summed E-state index contributed by atoms with van der Waals surface area (Å²) < 4.78 is 4.40. The van der Waals surface area contributed by atoms with Gasteiger partial charge in [-0.05, 0) is 31.0 Å². The standard InChI is InChI=1S/C22H33N7OS/c1-4-8-20(30)25-18-10-7-9-17(15-18)16-24-21(23-6-3)28-11-13-29(14-12-28)22-26-19(5-2)27-31-22/h7,9-10,15H,4-6,8,11-14,16H2,1-3H3,(H,23,24)(H,25,30). The molecule has 9 heteroatoms. The number of nitrogens with zero attached hydrogens (tertiary/aromatic N) is 5. The molecule has 8 nitrogen and oxygen atoms in total. The quantitative estimate of drug-likeness (QED) is 0.482. The maximum Gasteiger partial charge on any atom is 0.224 e. The van der Waals surface area contributed by atoms with E-state index in [1.54, 1.807) is 0 Å². The lowest BCUT2D eigenvalue weighted by Crippen LogP contribution is -2.52. The Balaban J connectivity index is 1.60. The van der Waals surface area contributed by atoms with Crippen molar-refractivity contribution in [1.82, 2.24) is 19.6 Å². The molecule has 2 N–H and O–H groups in total. The van der Waals surface area contributed by atoms with Gasteiger partial charge in [0.25, 0.3) is 0 Å². The number of aliphatic imine (C=N–C) groups is 1. The summed E-state index contributed by atoms with van der Waals surface area (Å²) >= 11 is 1.49. The molecule has 0 spiro atoms. The van der Waals surface area contributed by atoms with E-state index in [1.165, 1.54) is 11.5 Å². The monoisotopic (exact) mass is 443 g/mol. The van der Waals surface area contributed by atoms with Crippen LogP contribution in [0.15, 0.2) is 29.3 Å². The molecule has 1 fully saturated rings. The molecule has 168 valence electrons. The number of hydrogen-bond donors (Lipinski definition) is 2. The van der Waals surface area contributed by atoms with Crippen LogP contribution in [-0.4, -0.2) is 58.8 Å². The van der Waals surface area contributed by atoms with Gasteiger partial charge in [0.15, 0.2) is 5.96 Å². The van der Waals surface area contributed by atoms with Crippen LogP contribution in [0.1, 0.15) is 45.0 Å². The fraction of sp³-hybridized carbons (Fsp3) is 0.545.